The highest BCUT2D eigenvalue weighted by molar-refractivity contribution is 9.10. The molecule has 7 heteroatoms. The maximum atomic E-state index is 13.4. The second-order valence-electron chi connectivity index (χ2n) is 4.00. The monoisotopic (exact) mass is 343 g/mol. The molecule has 0 radical (unpaired) electrons. The first kappa shape index (κ1) is 16.2. The van der Waals surface area contributed by atoms with Crippen molar-refractivity contribution >= 4 is 15.9 Å². The normalized spacial score (nSPS) is 13.4. The molecule has 1 aromatic rings. The van der Waals surface area contributed by atoms with Crippen molar-refractivity contribution in [2.24, 2.45) is 0 Å². The number of ether oxygens (including phenoxy) is 1. The predicted molar refractivity (Wildman–Crippen MR) is 67.7 cm³/mol. The molecule has 0 spiro atoms. The van der Waals surface area contributed by atoms with Gasteiger partial charge in [-0.2, -0.15) is 13.2 Å². The Bertz CT molecular complexity index is 436. The smallest absolute Gasteiger partial charge is 0.389 e. The van der Waals surface area contributed by atoms with Crippen LogP contribution in [-0.4, -0.2) is 20.3 Å². The van der Waals surface area contributed by atoms with Crippen LogP contribution in [0.3, 0.4) is 0 Å². The molecule has 0 bridgehead atoms. The second kappa shape index (κ2) is 6.56. The molecule has 0 saturated carbocycles. The Kier molecular flexibility index (Phi) is 5.61. The molecular weight excluding hydrogens is 330 g/mol. The van der Waals surface area contributed by atoms with E-state index in [9.17, 15) is 17.6 Å². The van der Waals surface area contributed by atoms with Crippen LogP contribution in [0.2, 0.25) is 0 Å². The summed E-state index contributed by atoms with van der Waals surface area (Å²) in [5, 5.41) is 2.79. The Morgan fingerprint density at radius 3 is 2.47 bits per heavy atom. The van der Waals surface area contributed by atoms with Gasteiger partial charge in [-0.3, -0.25) is 0 Å². The third kappa shape index (κ3) is 4.65. The molecule has 2 nitrogen and oxygen atoms in total. The Morgan fingerprint density at radius 2 is 2.00 bits per heavy atom. The van der Waals surface area contributed by atoms with Crippen molar-refractivity contribution in [3.8, 4) is 5.75 Å². The van der Waals surface area contributed by atoms with Crippen LogP contribution in [-0.2, 0) is 0 Å². The summed E-state index contributed by atoms with van der Waals surface area (Å²) >= 11 is 3.02. The molecule has 0 fully saturated rings. The van der Waals surface area contributed by atoms with Crippen LogP contribution in [0.5, 0.6) is 5.75 Å². The van der Waals surface area contributed by atoms with Crippen molar-refractivity contribution in [3.05, 3.63) is 28.0 Å². The van der Waals surface area contributed by atoms with Gasteiger partial charge in [0.1, 0.15) is 11.6 Å². The third-order valence-electron chi connectivity index (χ3n) is 2.71. The summed E-state index contributed by atoms with van der Waals surface area (Å²) in [7, 11) is 2.90. The number of benzene rings is 1. The van der Waals surface area contributed by atoms with Crippen molar-refractivity contribution < 1.29 is 22.3 Å². The standard InChI is InChI=1S/C12H14BrF4NO/c1-18-10(3-4-12(15,16)17)7-5-8(13)9(14)6-11(7)19-2/h5-6,10,18H,3-4H2,1-2H3. The van der Waals surface area contributed by atoms with Crippen molar-refractivity contribution in [2.75, 3.05) is 14.2 Å². The highest BCUT2D eigenvalue weighted by atomic mass is 79.9. The van der Waals surface area contributed by atoms with Gasteiger partial charge in [0.25, 0.3) is 0 Å². The van der Waals surface area contributed by atoms with E-state index in [1.165, 1.54) is 13.2 Å². The minimum absolute atomic E-state index is 0.144. The first-order valence-corrected chi connectivity index (χ1v) is 6.34. The minimum Gasteiger partial charge on any atom is -0.496 e. The Labute approximate surface area is 117 Å². The van der Waals surface area contributed by atoms with Crippen LogP contribution in [0.25, 0.3) is 0 Å². The van der Waals surface area contributed by atoms with Crippen molar-refractivity contribution in [1.82, 2.24) is 5.32 Å². The molecule has 1 atom stereocenters. The summed E-state index contributed by atoms with van der Waals surface area (Å²) in [5.41, 5.74) is 0.488. The van der Waals surface area contributed by atoms with E-state index in [2.05, 4.69) is 21.2 Å². The highest BCUT2D eigenvalue weighted by Crippen LogP contribution is 2.34. The maximum absolute atomic E-state index is 13.4. The Hall–Kier alpha value is -0.820. The Morgan fingerprint density at radius 1 is 1.37 bits per heavy atom. The lowest BCUT2D eigenvalue weighted by molar-refractivity contribution is -0.136. The van der Waals surface area contributed by atoms with Crippen LogP contribution in [0.4, 0.5) is 17.6 Å². The number of methoxy groups -OCH3 is 1. The lowest BCUT2D eigenvalue weighted by Gasteiger charge is -2.20. The van der Waals surface area contributed by atoms with Crippen LogP contribution in [0.15, 0.2) is 16.6 Å². The van der Waals surface area contributed by atoms with E-state index in [1.54, 1.807) is 7.05 Å². The van der Waals surface area contributed by atoms with Crippen LogP contribution in [0, 0.1) is 5.82 Å². The average molecular weight is 344 g/mol. The second-order valence-corrected chi connectivity index (χ2v) is 4.86. The number of alkyl halides is 3. The molecule has 0 aliphatic carbocycles. The van der Waals surface area contributed by atoms with E-state index in [-0.39, 0.29) is 16.6 Å². The lowest BCUT2D eigenvalue weighted by Crippen LogP contribution is -2.20. The van der Waals surface area contributed by atoms with Crippen molar-refractivity contribution in [1.29, 1.82) is 0 Å². The van der Waals surface area contributed by atoms with E-state index in [1.807, 2.05) is 0 Å². The zero-order valence-corrected chi connectivity index (χ0v) is 12.0. The molecule has 1 unspecified atom stereocenters. The molecule has 1 aromatic carbocycles. The fraction of sp³-hybridized carbons (Fsp3) is 0.500. The fourth-order valence-corrected chi connectivity index (χ4v) is 2.12. The molecule has 0 aliphatic rings. The molecule has 0 saturated heterocycles. The van der Waals surface area contributed by atoms with Gasteiger partial charge in [-0.05, 0) is 35.5 Å². The van der Waals surface area contributed by atoms with E-state index in [0.717, 1.165) is 6.07 Å². The molecule has 19 heavy (non-hydrogen) atoms. The summed E-state index contributed by atoms with van der Waals surface area (Å²) < 4.78 is 55.4. The van der Waals surface area contributed by atoms with Gasteiger partial charge in [-0.25, -0.2) is 4.39 Å². The highest BCUT2D eigenvalue weighted by Gasteiger charge is 2.29. The molecule has 1 N–H and O–H groups in total. The Balaban J connectivity index is 3.00. The summed E-state index contributed by atoms with van der Waals surface area (Å²) in [6, 6.07) is 2.02. The average Bonchev–Trinajstić information content (AvgIpc) is 2.32. The third-order valence-corrected chi connectivity index (χ3v) is 3.32. The topological polar surface area (TPSA) is 21.3 Å². The number of hydrogen-bond donors (Lipinski definition) is 1. The maximum Gasteiger partial charge on any atom is 0.389 e. The van der Waals surface area contributed by atoms with E-state index in [4.69, 9.17) is 4.74 Å². The van der Waals surface area contributed by atoms with E-state index >= 15 is 0 Å². The predicted octanol–water partition coefficient (Wildman–Crippen LogP) is 4.20. The van der Waals surface area contributed by atoms with Crippen LogP contribution < -0.4 is 10.1 Å². The number of halogens is 5. The summed E-state index contributed by atoms with van der Waals surface area (Å²) in [6.07, 6.45) is -5.29. The number of hydrogen-bond acceptors (Lipinski definition) is 2. The van der Waals surface area contributed by atoms with Gasteiger partial charge in [0.15, 0.2) is 0 Å². The molecule has 108 valence electrons. The van der Waals surface area contributed by atoms with Gasteiger partial charge >= 0.3 is 6.18 Å². The van der Waals surface area contributed by atoms with Gasteiger partial charge < -0.3 is 10.1 Å². The SMILES string of the molecule is CNC(CCC(F)(F)F)c1cc(Br)c(F)cc1OC. The van der Waals surface area contributed by atoms with E-state index < -0.39 is 24.5 Å². The number of nitrogens with one attached hydrogen (secondary N) is 1. The summed E-state index contributed by atoms with van der Waals surface area (Å²) in [4.78, 5) is 0. The van der Waals surface area contributed by atoms with Crippen LogP contribution >= 0.6 is 15.9 Å². The summed E-state index contributed by atoms with van der Waals surface area (Å²) in [6.45, 7) is 0. The first-order valence-electron chi connectivity index (χ1n) is 5.55. The molecular formula is C12H14BrF4NO. The minimum atomic E-state index is -4.22. The number of rotatable bonds is 5. The van der Waals surface area contributed by atoms with E-state index in [0.29, 0.717) is 5.56 Å². The molecule has 1 rings (SSSR count). The van der Waals surface area contributed by atoms with Gasteiger partial charge in [0, 0.05) is 24.1 Å². The van der Waals surface area contributed by atoms with Gasteiger partial charge in [-0.15, -0.1) is 0 Å². The van der Waals surface area contributed by atoms with Gasteiger partial charge in [0.05, 0.1) is 11.6 Å². The zero-order chi connectivity index (χ0) is 14.6. The largest absolute Gasteiger partial charge is 0.496 e. The molecule has 0 amide bonds. The van der Waals surface area contributed by atoms with Crippen molar-refractivity contribution in [2.45, 2.75) is 25.1 Å². The zero-order valence-electron chi connectivity index (χ0n) is 10.4. The fourth-order valence-electron chi connectivity index (χ4n) is 1.76. The first-order chi connectivity index (χ1) is 8.78. The molecule has 0 aromatic heterocycles. The van der Waals surface area contributed by atoms with Crippen LogP contribution in [0.1, 0.15) is 24.4 Å². The molecule has 0 heterocycles. The van der Waals surface area contributed by atoms with Crippen molar-refractivity contribution in [3.63, 3.8) is 0 Å². The quantitative estimate of drug-likeness (QED) is 0.809. The molecule has 0 aliphatic heterocycles. The lowest BCUT2D eigenvalue weighted by atomic mass is 10.0. The summed E-state index contributed by atoms with van der Waals surface area (Å²) in [5.74, 6) is -0.298. The van der Waals surface area contributed by atoms with Gasteiger partial charge in [0.2, 0.25) is 0 Å². The van der Waals surface area contributed by atoms with Gasteiger partial charge in [-0.1, -0.05) is 0 Å².